The molecule has 0 radical (unpaired) electrons. The number of rotatable bonds is 5. The van der Waals surface area contributed by atoms with Crippen molar-refractivity contribution in [3.63, 3.8) is 0 Å². The lowest BCUT2D eigenvalue weighted by Crippen LogP contribution is -2.47. The van der Waals surface area contributed by atoms with Gasteiger partial charge in [0.1, 0.15) is 0 Å². The molecule has 1 aliphatic rings. The number of nitrogens with one attached hydrogen (secondary N) is 2. The van der Waals surface area contributed by atoms with E-state index in [2.05, 4.69) is 26.9 Å². The molecule has 2 rings (SSSR count). The third kappa shape index (κ3) is 6.74. The predicted octanol–water partition coefficient (Wildman–Crippen LogP) is 2.20. The number of hydrogen-bond acceptors (Lipinski definition) is 3. The van der Waals surface area contributed by atoms with Crippen molar-refractivity contribution in [2.45, 2.75) is 31.6 Å². The third-order valence-electron chi connectivity index (χ3n) is 4.33. The maximum absolute atomic E-state index is 12.2. The quantitative estimate of drug-likeness (QED) is 0.294. The number of hydrogen-bond donors (Lipinski definition) is 2. The van der Waals surface area contributed by atoms with Crippen LogP contribution in [0.2, 0.25) is 0 Å². The molecule has 0 bridgehead atoms. The molecule has 0 atom stereocenters. The van der Waals surface area contributed by atoms with Crippen molar-refractivity contribution in [3.05, 3.63) is 29.8 Å². The summed E-state index contributed by atoms with van der Waals surface area (Å²) in [6, 6.07) is 6.84. The van der Waals surface area contributed by atoms with Gasteiger partial charge in [-0.3, -0.25) is 4.99 Å². The highest BCUT2D eigenvalue weighted by atomic mass is 127. The summed E-state index contributed by atoms with van der Waals surface area (Å²) in [6.45, 7) is 7.02. The van der Waals surface area contributed by atoms with E-state index in [1.165, 1.54) is 12.8 Å². The number of aryl methyl sites for hydroxylation is 1. The van der Waals surface area contributed by atoms with Crippen molar-refractivity contribution < 1.29 is 8.42 Å². The zero-order valence-electron chi connectivity index (χ0n) is 15.2. The van der Waals surface area contributed by atoms with E-state index in [1.807, 2.05) is 6.92 Å². The van der Waals surface area contributed by atoms with Crippen LogP contribution in [0.15, 0.2) is 34.2 Å². The Bertz CT molecular complexity index is 654. The van der Waals surface area contributed by atoms with E-state index < -0.39 is 10.0 Å². The van der Waals surface area contributed by atoms with Crippen LogP contribution in [0.1, 0.15) is 25.3 Å². The lowest BCUT2D eigenvalue weighted by molar-refractivity contribution is 0.273. The lowest BCUT2D eigenvalue weighted by Gasteiger charge is -2.32. The molecule has 0 aliphatic carbocycles. The molecule has 6 nitrogen and oxygen atoms in total. The first-order valence-corrected chi connectivity index (χ1v) is 9.92. The first kappa shape index (κ1) is 22.2. The number of guanidine groups is 1. The van der Waals surface area contributed by atoms with Crippen LogP contribution in [0, 0.1) is 12.8 Å². The molecule has 1 saturated heterocycles. The van der Waals surface area contributed by atoms with Crippen LogP contribution in [-0.4, -0.2) is 52.5 Å². The third-order valence-corrected chi connectivity index (χ3v) is 5.80. The van der Waals surface area contributed by atoms with Crippen molar-refractivity contribution >= 4 is 40.0 Å². The van der Waals surface area contributed by atoms with Gasteiger partial charge in [0, 0.05) is 33.2 Å². The SMILES string of the molecule is CN=C(NCCNS(=O)(=O)c1ccc(C)cc1)N1CCC(C)CC1.I. The van der Waals surface area contributed by atoms with Crippen molar-refractivity contribution in [3.8, 4) is 0 Å². The number of benzene rings is 1. The predicted molar refractivity (Wildman–Crippen MR) is 113 cm³/mol. The molecule has 8 heteroatoms. The summed E-state index contributed by atoms with van der Waals surface area (Å²) in [7, 11) is -1.70. The Morgan fingerprint density at radius 1 is 1.20 bits per heavy atom. The van der Waals surface area contributed by atoms with Crippen LogP contribution in [-0.2, 0) is 10.0 Å². The molecule has 1 aromatic rings. The van der Waals surface area contributed by atoms with Crippen molar-refractivity contribution in [1.82, 2.24) is 14.9 Å². The molecule has 0 amide bonds. The number of nitrogens with zero attached hydrogens (tertiary/aromatic N) is 2. The summed E-state index contributed by atoms with van der Waals surface area (Å²) < 4.78 is 27.1. The van der Waals surface area contributed by atoms with Crippen molar-refractivity contribution in [2.75, 3.05) is 33.2 Å². The minimum Gasteiger partial charge on any atom is -0.355 e. The Hall–Kier alpha value is -0.870. The average Bonchev–Trinajstić information content (AvgIpc) is 2.56. The fourth-order valence-corrected chi connectivity index (χ4v) is 3.74. The van der Waals surface area contributed by atoms with Gasteiger partial charge in [0.25, 0.3) is 0 Å². The Labute approximate surface area is 168 Å². The summed E-state index contributed by atoms with van der Waals surface area (Å²) in [5.41, 5.74) is 1.04. The number of halogens is 1. The Morgan fingerprint density at radius 3 is 2.36 bits per heavy atom. The number of sulfonamides is 1. The average molecular weight is 480 g/mol. The largest absolute Gasteiger partial charge is 0.355 e. The van der Waals surface area contributed by atoms with Gasteiger partial charge >= 0.3 is 0 Å². The second-order valence-electron chi connectivity index (χ2n) is 6.35. The Morgan fingerprint density at radius 2 is 1.80 bits per heavy atom. The summed E-state index contributed by atoms with van der Waals surface area (Å²) in [4.78, 5) is 6.82. The second-order valence-corrected chi connectivity index (χ2v) is 8.12. The summed E-state index contributed by atoms with van der Waals surface area (Å²) in [5, 5.41) is 3.24. The first-order valence-electron chi connectivity index (χ1n) is 8.44. The van der Waals surface area contributed by atoms with Gasteiger partial charge in [-0.15, -0.1) is 24.0 Å². The van der Waals surface area contributed by atoms with E-state index in [9.17, 15) is 8.42 Å². The molecule has 0 aromatic heterocycles. The Kier molecular flexibility index (Phi) is 9.15. The fourth-order valence-electron chi connectivity index (χ4n) is 2.71. The van der Waals surface area contributed by atoms with E-state index in [-0.39, 0.29) is 24.0 Å². The monoisotopic (exact) mass is 480 g/mol. The van der Waals surface area contributed by atoms with Gasteiger partial charge in [0.15, 0.2) is 5.96 Å². The van der Waals surface area contributed by atoms with Crippen LogP contribution in [0.3, 0.4) is 0 Å². The lowest BCUT2D eigenvalue weighted by atomic mass is 10.00. The summed E-state index contributed by atoms with van der Waals surface area (Å²) in [5.74, 6) is 1.61. The standard InChI is InChI=1S/C17H28N4O2S.HI/c1-14-4-6-16(7-5-14)24(22,23)20-11-10-19-17(18-3)21-12-8-15(2)9-13-21;/h4-7,15,20H,8-13H2,1-3H3,(H,18,19);1H. The van der Waals surface area contributed by atoms with Gasteiger partial charge in [-0.1, -0.05) is 24.6 Å². The highest BCUT2D eigenvalue weighted by Crippen LogP contribution is 2.15. The summed E-state index contributed by atoms with van der Waals surface area (Å²) in [6.07, 6.45) is 2.33. The summed E-state index contributed by atoms with van der Waals surface area (Å²) >= 11 is 0. The minimum atomic E-state index is -3.46. The van der Waals surface area contributed by atoms with E-state index >= 15 is 0 Å². The van der Waals surface area contributed by atoms with Gasteiger partial charge < -0.3 is 10.2 Å². The molecule has 1 aromatic carbocycles. The topological polar surface area (TPSA) is 73.8 Å². The van der Waals surface area contributed by atoms with E-state index in [0.717, 1.165) is 30.5 Å². The molecule has 2 N–H and O–H groups in total. The molecule has 0 saturated carbocycles. The molecular formula is C17H29IN4O2S. The van der Waals surface area contributed by atoms with Crippen LogP contribution in [0.5, 0.6) is 0 Å². The zero-order valence-corrected chi connectivity index (χ0v) is 18.3. The normalized spacial score (nSPS) is 16.4. The number of likely N-dealkylation sites (tertiary alicyclic amines) is 1. The van der Waals surface area contributed by atoms with Gasteiger partial charge in [-0.05, 0) is 37.8 Å². The molecule has 142 valence electrons. The van der Waals surface area contributed by atoms with Crippen LogP contribution < -0.4 is 10.0 Å². The molecule has 0 spiro atoms. The molecule has 1 aliphatic heterocycles. The molecule has 0 unspecified atom stereocenters. The van der Waals surface area contributed by atoms with E-state index in [1.54, 1.807) is 31.3 Å². The number of aliphatic imine (C=N–C) groups is 1. The first-order chi connectivity index (χ1) is 11.4. The maximum Gasteiger partial charge on any atom is 0.240 e. The van der Waals surface area contributed by atoms with Gasteiger partial charge in [-0.2, -0.15) is 0 Å². The maximum atomic E-state index is 12.2. The molecule has 1 fully saturated rings. The smallest absolute Gasteiger partial charge is 0.240 e. The number of piperidine rings is 1. The van der Waals surface area contributed by atoms with Gasteiger partial charge in [0.2, 0.25) is 10.0 Å². The molecule has 25 heavy (non-hydrogen) atoms. The van der Waals surface area contributed by atoms with Gasteiger partial charge in [0.05, 0.1) is 4.90 Å². The van der Waals surface area contributed by atoms with Gasteiger partial charge in [-0.25, -0.2) is 13.1 Å². The van der Waals surface area contributed by atoms with Crippen molar-refractivity contribution in [2.24, 2.45) is 10.9 Å². The Balaban J connectivity index is 0.00000312. The van der Waals surface area contributed by atoms with Crippen molar-refractivity contribution in [1.29, 1.82) is 0 Å². The highest BCUT2D eigenvalue weighted by Gasteiger charge is 2.18. The highest BCUT2D eigenvalue weighted by molar-refractivity contribution is 14.0. The zero-order chi connectivity index (χ0) is 17.6. The fraction of sp³-hybridized carbons (Fsp3) is 0.588. The van der Waals surface area contributed by atoms with E-state index in [4.69, 9.17) is 0 Å². The molecule has 1 heterocycles. The van der Waals surface area contributed by atoms with E-state index in [0.29, 0.717) is 18.0 Å². The second kappa shape index (κ2) is 10.3. The van der Waals surface area contributed by atoms with Crippen LogP contribution in [0.4, 0.5) is 0 Å². The van der Waals surface area contributed by atoms with Crippen LogP contribution >= 0.6 is 24.0 Å². The minimum absolute atomic E-state index is 0. The molecular weight excluding hydrogens is 451 g/mol. The van der Waals surface area contributed by atoms with Crippen LogP contribution in [0.25, 0.3) is 0 Å².